The molecule has 20 heavy (non-hydrogen) atoms. The number of sulfonamides is 1. The van der Waals surface area contributed by atoms with Crippen LogP contribution in [0.15, 0.2) is 0 Å². The van der Waals surface area contributed by atoms with Crippen molar-refractivity contribution in [2.24, 2.45) is 5.41 Å². The number of nitrogens with one attached hydrogen (secondary N) is 1. The molecule has 1 atom stereocenters. The van der Waals surface area contributed by atoms with E-state index in [0.717, 1.165) is 12.8 Å². The second-order valence-electron chi connectivity index (χ2n) is 6.12. The molecule has 1 aliphatic rings. The molecule has 0 aromatic heterocycles. The highest BCUT2D eigenvalue weighted by Gasteiger charge is 2.24. The Morgan fingerprint density at radius 1 is 1.40 bits per heavy atom. The van der Waals surface area contributed by atoms with Crippen LogP contribution in [0.4, 0.5) is 0 Å². The molecule has 6 nitrogen and oxygen atoms in total. The van der Waals surface area contributed by atoms with Gasteiger partial charge in [-0.1, -0.05) is 13.8 Å². The van der Waals surface area contributed by atoms with Crippen LogP contribution in [-0.2, 0) is 19.6 Å². The maximum absolute atomic E-state index is 11.9. The molecule has 1 saturated heterocycles. The fraction of sp³-hybridized carbons (Fsp3) is 0.923. The van der Waals surface area contributed by atoms with Crippen molar-refractivity contribution in [3.05, 3.63) is 0 Å². The number of ether oxygens (including phenoxy) is 1. The van der Waals surface area contributed by atoms with Gasteiger partial charge in [0.25, 0.3) is 0 Å². The van der Waals surface area contributed by atoms with Gasteiger partial charge in [-0.05, 0) is 31.1 Å². The Kier molecular flexibility index (Phi) is 6.42. The van der Waals surface area contributed by atoms with E-state index in [1.807, 2.05) is 13.8 Å². The first kappa shape index (κ1) is 17.4. The lowest BCUT2D eigenvalue weighted by Crippen LogP contribution is -2.34. The SMILES string of the molecule is CC(C)(CCNS(=O)(=O)CC1CCCO1)CCC(=O)O. The van der Waals surface area contributed by atoms with E-state index in [2.05, 4.69) is 4.72 Å². The Labute approximate surface area is 120 Å². The normalized spacial score (nSPS) is 20.2. The van der Waals surface area contributed by atoms with Gasteiger partial charge in [-0.25, -0.2) is 13.1 Å². The molecule has 0 spiro atoms. The molecule has 1 unspecified atom stereocenters. The lowest BCUT2D eigenvalue weighted by Gasteiger charge is -2.24. The van der Waals surface area contributed by atoms with Gasteiger partial charge in [0.2, 0.25) is 10.0 Å². The van der Waals surface area contributed by atoms with Crippen LogP contribution in [0.25, 0.3) is 0 Å². The van der Waals surface area contributed by atoms with E-state index in [1.165, 1.54) is 0 Å². The van der Waals surface area contributed by atoms with Crippen LogP contribution < -0.4 is 4.72 Å². The first-order valence-electron chi connectivity index (χ1n) is 7.01. The molecular weight excluding hydrogens is 282 g/mol. The van der Waals surface area contributed by atoms with E-state index in [0.29, 0.717) is 26.0 Å². The van der Waals surface area contributed by atoms with Gasteiger partial charge in [-0.3, -0.25) is 4.79 Å². The number of carbonyl (C=O) groups is 1. The maximum atomic E-state index is 11.9. The van der Waals surface area contributed by atoms with Crippen LogP contribution in [-0.4, -0.2) is 44.5 Å². The predicted octanol–water partition coefficient (Wildman–Crippen LogP) is 1.37. The predicted molar refractivity (Wildman–Crippen MR) is 76.0 cm³/mol. The van der Waals surface area contributed by atoms with Gasteiger partial charge >= 0.3 is 5.97 Å². The number of carboxylic acid groups (broad SMARTS) is 1. The Morgan fingerprint density at radius 2 is 2.10 bits per heavy atom. The number of rotatable bonds is 9. The van der Waals surface area contributed by atoms with Crippen molar-refractivity contribution in [2.45, 2.75) is 52.1 Å². The fourth-order valence-electron chi connectivity index (χ4n) is 2.19. The molecule has 1 aliphatic heterocycles. The molecule has 0 bridgehead atoms. The van der Waals surface area contributed by atoms with Gasteiger partial charge < -0.3 is 9.84 Å². The zero-order valence-corrected chi connectivity index (χ0v) is 13.0. The van der Waals surface area contributed by atoms with Crippen molar-refractivity contribution in [1.29, 1.82) is 0 Å². The van der Waals surface area contributed by atoms with E-state index in [1.54, 1.807) is 0 Å². The van der Waals surface area contributed by atoms with Crippen molar-refractivity contribution in [1.82, 2.24) is 4.72 Å². The summed E-state index contributed by atoms with van der Waals surface area (Å²) in [6.45, 7) is 4.87. The van der Waals surface area contributed by atoms with Crippen molar-refractivity contribution >= 4 is 16.0 Å². The minimum Gasteiger partial charge on any atom is -0.481 e. The monoisotopic (exact) mass is 307 g/mol. The Balaban J connectivity index is 2.29. The molecule has 0 amide bonds. The molecule has 0 radical (unpaired) electrons. The summed E-state index contributed by atoms with van der Waals surface area (Å²) < 4.78 is 31.6. The largest absolute Gasteiger partial charge is 0.481 e. The van der Waals surface area contributed by atoms with E-state index in [4.69, 9.17) is 9.84 Å². The summed E-state index contributed by atoms with van der Waals surface area (Å²) in [5.41, 5.74) is -0.190. The lowest BCUT2D eigenvalue weighted by atomic mass is 9.84. The van der Waals surface area contributed by atoms with Gasteiger partial charge in [0, 0.05) is 19.6 Å². The Bertz CT molecular complexity index is 412. The zero-order chi connectivity index (χ0) is 15.2. The second kappa shape index (κ2) is 7.38. The van der Waals surface area contributed by atoms with Gasteiger partial charge in [0.05, 0.1) is 11.9 Å². The first-order valence-corrected chi connectivity index (χ1v) is 8.66. The van der Waals surface area contributed by atoms with Crippen molar-refractivity contribution in [3.8, 4) is 0 Å². The van der Waals surface area contributed by atoms with Crippen LogP contribution in [0, 0.1) is 5.41 Å². The zero-order valence-electron chi connectivity index (χ0n) is 12.2. The molecule has 2 N–H and O–H groups in total. The molecule has 118 valence electrons. The summed E-state index contributed by atoms with van der Waals surface area (Å²) in [6, 6.07) is 0. The summed E-state index contributed by atoms with van der Waals surface area (Å²) in [5, 5.41) is 8.67. The molecule has 0 aliphatic carbocycles. The quantitative estimate of drug-likeness (QED) is 0.671. The maximum Gasteiger partial charge on any atom is 0.303 e. The van der Waals surface area contributed by atoms with Crippen molar-refractivity contribution in [3.63, 3.8) is 0 Å². The third-order valence-corrected chi connectivity index (χ3v) is 5.02. The number of carboxylic acids is 1. The summed E-state index contributed by atoms with van der Waals surface area (Å²) in [5.74, 6) is -0.806. The van der Waals surface area contributed by atoms with E-state index >= 15 is 0 Å². The Hall–Kier alpha value is -0.660. The van der Waals surface area contributed by atoms with Crippen LogP contribution in [0.1, 0.15) is 46.0 Å². The lowest BCUT2D eigenvalue weighted by molar-refractivity contribution is -0.137. The second-order valence-corrected chi connectivity index (χ2v) is 7.97. The molecule has 1 heterocycles. The first-order chi connectivity index (χ1) is 9.20. The number of aliphatic carboxylic acids is 1. The summed E-state index contributed by atoms with van der Waals surface area (Å²) in [6.07, 6.45) is 2.79. The molecule has 7 heteroatoms. The van der Waals surface area contributed by atoms with Crippen LogP contribution in [0.3, 0.4) is 0 Å². The molecular formula is C13H25NO5S. The van der Waals surface area contributed by atoms with E-state index in [-0.39, 0.29) is 23.7 Å². The summed E-state index contributed by atoms with van der Waals surface area (Å²) in [4.78, 5) is 10.5. The third-order valence-electron chi connectivity index (χ3n) is 3.57. The minimum absolute atomic E-state index is 0.0164. The number of hydrogen-bond donors (Lipinski definition) is 2. The van der Waals surface area contributed by atoms with Gasteiger partial charge in [0.15, 0.2) is 0 Å². The highest BCUT2D eigenvalue weighted by atomic mass is 32.2. The molecule has 0 aromatic carbocycles. The van der Waals surface area contributed by atoms with Crippen LogP contribution in [0.2, 0.25) is 0 Å². The number of hydrogen-bond acceptors (Lipinski definition) is 4. The molecule has 0 saturated carbocycles. The molecule has 1 rings (SSSR count). The van der Waals surface area contributed by atoms with Crippen LogP contribution in [0.5, 0.6) is 0 Å². The van der Waals surface area contributed by atoms with Gasteiger partial charge in [-0.15, -0.1) is 0 Å². The Morgan fingerprint density at radius 3 is 2.65 bits per heavy atom. The van der Waals surface area contributed by atoms with Crippen LogP contribution >= 0.6 is 0 Å². The van der Waals surface area contributed by atoms with Gasteiger partial charge in [-0.2, -0.15) is 0 Å². The average molecular weight is 307 g/mol. The molecule has 1 fully saturated rings. The smallest absolute Gasteiger partial charge is 0.303 e. The summed E-state index contributed by atoms with van der Waals surface area (Å²) in [7, 11) is -3.31. The highest BCUT2D eigenvalue weighted by Crippen LogP contribution is 2.26. The highest BCUT2D eigenvalue weighted by molar-refractivity contribution is 7.89. The van der Waals surface area contributed by atoms with E-state index < -0.39 is 16.0 Å². The average Bonchev–Trinajstić information content (AvgIpc) is 2.78. The van der Waals surface area contributed by atoms with E-state index in [9.17, 15) is 13.2 Å². The topological polar surface area (TPSA) is 92.7 Å². The minimum atomic E-state index is -3.31. The standard InChI is InChI=1S/C13H25NO5S/c1-13(2,6-5-12(15)16)7-8-14-20(17,18)10-11-4-3-9-19-11/h11,14H,3-10H2,1-2H3,(H,15,16). The fourth-order valence-corrected chi connectivity index (χ4v) is 3.48. The van der Waals surface area contributed by atoms with Crippen molar-refractivity contribution in [2.75, 3.05) is 18.9 Å². The van der Waals surface area contributed by atoms with Crippen molar-refractivity contribution < 1.29 is 23.1 Å². The molecule has 0 aromatic rings. The third kappa shape index (κ3) is 7.21. The van der Waals surface area contributed by atoms with Gasteiger partial charge in [0.1, 0.15) is 0 Å². The summed E-state index contributed by atoms with van der Waals surface area (Å²) >= 11 is 0.